The van der Waals surface area contributed by atoms with E-state index in [2.05, 4.69) is 24.1 Å². The Morgan fingerprint density at radius 1 is 1.48 bits per heavy atom. The molecule has 2 heterocycles. The largest absolute Gasteiger partial charge is 0.464 e. The minimum Gasteiger partial charge on any atom is -0.464 e. The molecule has 6 heteroatoms. The van der Waals surface area contributed by atoms with E-state index >= 15 is 0 Å². The second kappa shape index (κ2) is 5.46. The van der Waals surface area contributed by atoms with Gasteiger partial charge in [0.25, 0.3) is 5.69 Å². The second-order valence-corrected chi connectivity index (χ2v) is 5.79. The third-order valence-electron chi connectivity index (χ3n) is 4.09. The number of piperazine rings is 1. The minimum atomic E-state index is -0.347. The first-order chi connectivity index (χ1) is 10.0. The second-order valence-electron chi connectivity index (χ2n) is 5.79. The van der Waals surface area contributed by atoms with E-state index in [0.29, 0.717) is 18.6 Å². The summed E-state index contributed by atoms with van der Waals surface area (Å²) in [7, 11) is 0. The summed E-state index contributed by atoms with van der Waals surface area (Å²) in [5.41, 5.74) is 1.75. The fourth-order valence-corrected chi connectivity index (χ4v) is 2.90. The lowest BCUT2D eigenvalue weighted by atomic mass is 10.1. The van der Waals surface area contributed by atoms with Crippen LogP contribution in [0.15, 0.2) is 28.9 Å². The lowest BCUT2D eigenvalue weighted by Crippen LogP contribution is -2.53. The molecule has 3 rings (SSSR count). The maximum Gasteiger partial charge on any atom is 0.270 e. The number of nitro benzene ring substituents is 1. The van der Waals surface area contributed by atoms with Crippen LogP contribution in [0.2, 0.25) is 0 Å². The Morgan fingerprint density at radius 3 is 3.05 bits per heavy atom. The van der Waals surface area contributed by atoms with Crippen LogP contribution in [0.4, 0.5) is 5.69 Å². The fourth-order valence-electron chi connectivity index (χ4n) is 2.90. The quantitative estimate of drug-likeness (QED) is 0.694. The molecule has 0 saturated carbocycles. The van der Waals surface area contributed by atoms with E-state index in [1.54, 1.807) is 24.5 Å². The lowest BCUT2D eigenvalue weighted by Gasteiger charge is -2.37. The Labute approximate surface area is 122 Å². The third-order valence-corrected chi connectivity index (χ3v) is 4.09. The highest BCUT2D eigenvalue weighted by Gasteiger charge is 2.24. The first-order valence-electron chi connectivity index (χ1n) is 7.16. The van der Waals surface area contributed by atoms with Crippen LogP contribution in [-0.2, 0) is 6.54 Å². The molecular formula is C15H19N3O3. The number of non-ortho nitro benzene ring substituents is 1. The summed E-state index contributed by atoms with van der Waals surface area (Å²) < 4.78 is 5.52. The fraction of sp³-hybridized carbons (Fsp3) is 0.467. The SMILES string of the molecule is C[C@@H]1CN(Cc2cc([N+](=O)[O-])cc3ccoc23)[C@@H](C)CN1. The summed E-state index contributed by atoms with van der Waals surface area (Å²) in [5.74, 6) is 0. The average molecular weight is 289 g/mol. The lowest BCUT2D eigenvalue weighted by molar-refractivity contribution is -0.384. The monoisotopic (exact) mass is 289 g/mol. The van der Waals surface area contributed by atoms with Gasteiger partial charge in [-0.05, 0) is 19.9 Å². The molecule has 0 spiro atoms. The molecule has 0 radical (unpaired) electrons. The normalized spacial score (nSPS) is 23.5. The van der Waals surface area contributed by atoms with Gasteiger partial charge in [0, 0.05) is 54.8 Å². The summed E-state index contributed by atoms with van der Waals surface area (Å²) in [5, 5.41) is 15.3. The van der Waals surface area contributed by atoms with Crippen LogP contribution >= 0.6 is 0 Å². The maximum absolute atomic E-state index is 11.1. The van der Waals surface area contributed by atoms with Gasteiger partial charge in [0.2, 0.25) is 0 Å². The number of nitrogens with one attached hydrogen (secondary N) is 1. The van der Waals surface area contributed by atoms with Crippen LogP contribution in [-0.4, -0.2) is 35.0 Å². The highest BCUT2D eigenvalue weighted by Crippen LogP contribution is 2.28. The van der Waals surface area contributed by atoms with Crippen molar-refractivity contribution in [3.63, 3.8) is 0 Å². The predicted octanol–water partition coefficient (Wildman–Crippen LogP) is 2.52. The van der Waals surface area contributed by atoms with Gasteiger partial charge in [-0.2, -0.15) is 0 Å². The Balaban J connectivity index is 1.95. The van der Waals surface area contributed by atoms with Gasteiger partial charge in [0.1, 0.15) is 5.58 Å². The highest BCUT2D eigenvalue weighted by molar-refractivity contribution is 5.83. The number of hydrogen-bond acceptors (Lipinski definition) is 5. The molecule has 1 aromatic heterocycles. The first kappa shape index (κ1) is 14.0. The van der Waals surface area contributed by atoms with E-state index in [1.807, 2.05) is 0 Å². The van der Waals surface area contributed by atoms with E-state index in [1.165, 1.54) is 0 Å². The van der Waals surface area contributed by atoms with E-state index in [-0.39, 0.29) is 10.6 Å². The predicted molar refractivity (Wildman–Crippen MR) is 80.2 cm³/mol. The number of fused-ring (bicyclic) bond motifs is 1. The topological polar surface area (TPSA) is 71.5 Å². The number of furan rings is 1. The van der Waals surface area contributed by atoms with Crippen molar-refractivity contribution >= 4 is 16.7 Å². The number of nitro groups is 1. The highest BCUT2D eigenvalue weighted by atomic mass is 16.6. The zero-order chi connectivity index (χ0) is 15.0. The first-order valence-corrected chi connectivity index (χ1v) is 7.16. The molecule has 2 atom stereocenters. The van der Waals surface area contributed by atoms with Crippen LogP contribution in [0.25, 0.3) is 11.0 Å². The van der Waals surface area contributed by atoms with Crippen LogP contribution in [0.3, 0.4) is 0 Å². The smallest absolute Gasteiger partial charge is 0.270 e. The molecule has 1 aliphatic heterocycles. The van der Waals surface area contributed by atoms with Crippen molar-refractivity contribution in [2.45, 2.75) is 32.5 Å². The summed E-state index contributed by atoms with van der Waals surface area (Å²) in [6, 6.07) is 5.78. The number of rotatable bonds is 3. The Hall–Kier alpha value is -1.92. The molecule has 1 aromatic carbocycles. The van der Waals surface area contributed by atoms with Crippen molar-refractivity contribution in [1.82, 2.24) is 10.2 Å². The molecule has 0 bridgehead atoms. The van der Waals surface area contributed by atoms with E-state index in [4.69, 9.17) is 4.42 Å². The molecule has 1 fully saturated rings. The van der Waals surface area contributed by atoms with Crippen LogP contribution in [0.5, 0.6) is 0 Å². The maximum atomic E-state index is 11.1. The van der Waals surface area contributed by atoms with Gasteiger partial charge in [-0.3, -0.25) is 15.0 Å². The van der Waals surface area contributed by atoms with Gasteiger partial charge < -0.3 is 9.73 Å². The molecule has 2 aromatic rings. The van der Waals surface area contributed by atoms with Gasteiger partial charge in [0.15, 0.2) is 0 Å². The van der Waals surface area contributed by atoms with Crippen molar-refractivity contribution in [1.29, 1.82) is 0 Å². The number of benzene rings is 1. The molecule has 1 saturated heterocycles. The average Bonchev–Trinajstić information content (AvgIpc) is 2.91. The van der Waals surface area contributed by atoms with Crippen LogP contribution in [0, 0.1) is 10.1 Å². The van der Waals surface area contributed by atoms with Crippen molar-refractivity contribution in [2.75, 3.05) is 13.1 Å². The Morgan fingerprint density at radius 2 is 2.29 bits per heavy atom. The Kier molecular flexibility index (Phi) is 3.65. The molecule has 21 heavy (non-hydrogen) atoms. The summed E-state index contributed by atoms with van der Waals surface area (Å²) in [4.78, 5) is 13.1. The van der Waals surface area contributed by atoms with Crippen LogP contribution < -0.4 is 5.32 Å². The van der Waals surface area contributed by atoms with Gasteiger partial charge in [0.05, 0.1) is 11.2 Å². The zero-order valence-corrected chi connectivity index (χ0v) is 12.2. The van der Waals surface area contributed by atoms with Crippen molar-refractivity contribution in [3.8, 4) is 0 Å². The molecular weight excluding hydrogens is 270 g/mol. The van der Waals surface area contributed by atoms with Crippen molar-refractivity contribution in [3.05, 3.63) is 40.1 Å². The summed E-state index contributed by atoms with van der Waals surface area (Å²) in [6.45, 7) is 6.83. The molecule has 0 amide bonds. The number of nitrogens with zero attached hydrogens (tertiary/aromatic N) is 2. The van der Waals surface area contributed by atoms with Gasteiger partial charge >= 0.3 is 0 Å². The van der Waals surface area contributed by atoms with E-state index in [0.717, 1.165) is 29.6 Å². The molecule has 0 unspecified atom stereocenters. The van der Waals surface area contributed by atoms with Gasteiger partial charge in [-0.15, -0.1) is 0 Å². The van der Waals surface area contributed by atoms with Gasteiger partial charge in [-0.25, -0.2) is 0 Å². The molecule has 1 N–H and O–H groups in total. The Bertz CT molecular complexity index is 667. The standard InChI is InChI=1S/C15H19N3O3/c1-10-8-17(11(2)7-16-10)9-13-6-14(18(19)20)5-12-3-4-21-15(12)13/h3-6,10-11,16H,7-9H2,1-2H3/t10-,11+/m1/s1. The molecule has 6 nitrogen and oxygen atoms in total. The van der Waals surface area contributed by atoms with Crippen molar-refractivity contribution in [2.24, 2.45) is 0 Å². The zero-order valence-electron chi connectivity index (χ0n) is 12.2. The van der Waals surface area contributed by atoms with E-state index < -0.39 is 0 Å². The van der Waals surface area contributed by atoms with Gasteiger partial charge in [-0.1, -0.05) is 0 Å². The minimum absolute atomic E-state index is 0.120. The number of hydrogen-bond donors (Lipinski definition) is 1. The summed E-state index contributed by atoms with van der Waals surface area (Å²) in [6.07, 6.45) is 1.59. The molecule has 112 valence electrons. The molecule has 1 aliphatic rings. The van der Waals surface area contributed by atoms with E-state index in [9.17, 15) is 10.1 Å². The van der Waals surface area contributed by atoms with Crippen molar-refractivity contribution < 1.29 is 9.34 Å². The third kappa shape index (κ3) is 2.77. The van der Waals surface area contributed by atoms with Crippen LogP contribution in [0.1, 0.15) is 19.4 Å². The molecule has 0 aliphatic carbocycles. The summed E-state index contributed by atoms with van der Waals surface area (Å²) >= 11 is 0.